The van der Waals surface area contributed by atoms with Crippen LogP contribution in [0.4, 0.5) is 0 Å². The Hall–Kier alpha value is -2.40. The lowest BCUT2D eigenvalue weighted by molar-refractivity contribution is -0.152. The summed E-state index contributed by atoms with van der Waals surface area (Å²) in [6.45, 7) is 0.141. The minimum atomic E-state index is -0.472. The molecule has 128 valence electrons. The summed E-state index contributed by atoms with van der Waals surface area (Å²) in [7, 11) is 0. The first-order valence-electron chi connectivity index (χ1n) is 8.50. The third-order valence-corrected chi connectivity index (χ3v) is 5.88. The molecule has 0 unspecified atom stereocenters. The van der Waals surface area contributed by atoms with Crippen molar-refractivity contribution in [3.63, 3.8) is 0 Å². The van der Waals surface area contributed by atoms with Crippen LogP contribution in [0.15, 0.2) is 58.4 Å². The average molecular weight is 353 g/mol. The molecule has 1 fully saturated rings. The van der Waals surface area contributed by atoms with E-state index in [1.165, 1.54) is 0 Å². The molecule has 0 aliphatic heterocycles. The van der Waals surface area contributed by atoms with Crippen LogP contribution in [0.3, 0.4) is 0 Å². The lowest BCUT2D eigenvalue weighted by Crippen LogP contribution is -2.33. The van der Waals surface area contributed by atoms with Gasteiger partial charge in [-0.2, -0.15) is 0 Å². The smallest absolute Gasteiger partial charge is 0.317 e. The molecule has 1 aliphatic rings. The van der Waals surface area contributed by atoms with Crippen molar-refractivity contribution in [1.82, 2.24) is 5.16 Å². The molecule has 4 nitrogen and oxygen atoms in total. The molecule has 0 bridgehead atoms. The van der Waals surface area contributed by atoms with Gasteiger partial charge in [0.05, 0.1) is 0 Å². The third-order valence-electron chi connectivity index (χ3n) is 4.81. The molecule has 1 aromatic carbocycles. The second kappa shape index (κ2) is 6.84. The van der Waals surface area contributed by atoms with Crippen LogP contribution >= 0.6 is 11.3 Å². The van der Waals surface area contributed by atoms with Gasteiger partial charge in [0.15, 0.2) is 5.76 Å². The number of ether oxygens (including phenoxy) is 1. The molecule has 0 atom stereocenters. The van der Waals surface area contributed by atoms with Crippen molar-refractivity contribution < 1.29 is 14.1 Å². The molecule has 2 heterocycles. The fourth-order valence-corrected chi connectivity index (χ4v) is 4.45. The van der Waals surface area contributed by atoms with E-state index < -0.39 is 5.41 Å². The number of rotatable bonds is 5. The number of hydrogen-bond acceptors (Lipinski definition) is 5. The van der Waals surface area contributed by atoms with Gasteiger partial charge in [-0.1, -0.05) is 54.4 Å². The van der Waals surface area contributed by atoms with E-state index in [1.807, 2.05) is 53.9 Å². The summed E-state index contributed by atoms with van der Waals surface area (Å²) in [4.78, 5) is 14.0. The zero-order valence-corrected chi connectivity index (χ0v) is 14.6. The SMILES string of the molecule is O=C(OCc1cc(-c2ccccc2)on1)C1(c2cccs2)CCCC1. The Morgan fingerprint density at radius 2 is 1.96 bits per heavy atom. The van der Waals surface area contributed by atoms with Gasteiger partial charge >= 0.3 is 5.97 Å². The molecule has 1 aliphatic carbocycles. The maximum Gasteiger partial charge on any atom is 0.317 e. The molecular weight excluding hydrogens is 334 g/mol. The Morgan fingerprint density at radius 3 is 2.68 bits per heavy atom. The molecule has 2 aromatic heterocycles. The topological polar surface area (TPSA) is 52.3 Å². The predicted molar refractivity (Wildman–Crippen MR) is 96.2 cm³/mol. The Labute approximate surface area is 150 Å². The van der Waals surface area contributed by atoms with E-state index in [-0.39, 0.29) is 12.6 Å². The first kappa shape index (κ1) is 16.1. The van der Waals surface area contributed by atoms with Crippen molar-refractivity contribution in [2.75, 3.05) is 0 Å². The van der Waals surface area contributed by atoms with Gasteiger partial charge in [0.2, 0.25) is 0 Å². The zero-order chi connectivity index (χ0) is 17.1. The number of nitrogens with zero attached hydrogens (tertiary/aromatic N) is 1. The molecule has 0 radical (unpaired) electrons. The molecular formula is C20H19NO3S. The van der Waals surface area contributed by atoms with Crippen molar-refractivity contribution in [1.29, 1.82) is 0 Å². The van der Waals surface area contributed by atoms with Crippen molar-refractivity contribution >= 4 is 17.3 Å². The summed E-state index contributed by atoms with van der Waals surface area (Å²) >= 11 is 1.64. The van der Waals surface area contributed by atoms with Gasteiger partial charge in [-0.15, -0.1) is 11.3 Å². The Kier molecular flexibility index (Phi) is 4.40. The highest BCUT2D eigenvalue weighted by Crippen LogP contribution is 2.44. The summed E-state index contributed by atoms with van der Waals surface area (Å²) in [5, 5.41) is 6.05. The van der Waals surface area contributed by atoms with Gasteiger partial charge in [-0.05, 0) is 24.3 Å². The predicted octanol–water partition coefficient (Wildman–Crippen LogP) is 4.96. The lowest BCUT2D eigenvalue weighted by atomic mass is 9.84. The quantitative estimate of drug-likeness (QED) is 0.609. The molecule has 0 amide bonds. The van der Waals surface area contributed by atoms with Crippen LogP contribution in [0.25, 0.3) is 11.3 Å². The fourth-order valence-electron chi connectivity index (χ4n) is 3.48. The van der Waals surface area contributed by atoms with E-state index in [9.17, 15) is 4.79 Å². The van der Waals surface area contributed by atoms with Gasteiger partial charge in [-0.3, -0.25) is 4.79 Å². The summed E-state index contributed by atoms with van der Waals surface area (Å²) in [6, 6.07) is 15.6. The van der Waals surface area contributed by atoms with Gasteiger partial charge < -0.3 is 9.26 Å². The maximum absolute atomic E-state index is 12.8. The molecule has 0 spiro atoms. The summed E-state index contributed by atoms with van der Waals surface area (Å²) < 4.78 is 11.0. The van der Waals surface area contributed by atoms with Crippen LogP contribution in [-0.4, -0.2) is 11.1 Å². The van der Waals surface area contributed by atoms with Crippen molar-refractivity contribution in [3.8, 4) is 11.3 Å². The molecule has 1 saturated carbocycles. The summed E-state index contributed by atoms with van der Waals surface area (Å²) in [5.41, 5.74) is 1.12. The largest absolute Gasteiger partial charge is 0.458 e. The molecule has 4 rings (SSSR count). The number of carbonyl (C=O) groups is 1. The highest BCUT2D eigenvalue weighted by molar-refractivity contribution is 7.10. The molecule has 25 heavy (non-hydrogen) atoms. The number of thiophene rings is 1. The van der Waals surface area contributed by atoms with Crippen LogP contribution in [0.1, 0.15) is 36.3 Å². The third kappa shape index (κ3) is 3.12. The number of carbonyl (C=O) groups excluding carboxylic acids is 1. The second-order valence-corrected chi connectivity index (χ2v) is 7.34. The zero-order valence-electron chi connectivity index (χ0n) is 13.8. The monoisotopic (exact) mass is 353 g/mol. The molecule has 5 heteroatoms. The minimum Gasteiger partial charge on any atom is -0.458 e. The van der Waals surface area contributed by atoms with Crippen LogP contribution in [0.5, 0.6) is 0 Å². The molecule has 0 saturated heterocycles. The van der Waals surface area contributed by atoms with Crippen LogP contribution < -0.4 is 0 Å². The summed E-state index contributed by atoms with van der Waals surface area (Å²) in [5.74, 6) is 0.539. The fraction of sp³-hybridized carbons (Fsp3) is 0.300. The number of aromatic nitrogens is 1. The minimum absolute atomic E-state index is 0.141. The lowest BCUT2D eigenvalue weighted by Gasteiger charge is -2.25. The van der Waals surface area contributed by atoms with Gasteiger partial charge in [0.25, 0.3) is 0 Å². The number of hydrogen-bond donors (Lipinski definition) is 0. The normalized spacial score (nSPS) is 16.0. The van der Waals surface area contributed by atoms with Gasteiger partial charge in [0, 0.05) is 16.5 Å². The second-order valence-electron chi connectivity index (χ2n) is 6.39. The summed E-state index contributed by atoms with van der Waals surface area (Å²) in [6.07, 6.45) is 3.85. The van der Waals surface area contributed by atoms with Crippen LogP contribution in [0.2, 0.25) is 0 Å². The molecule has 0 N–H and O–H groups in total. The van der Waals surface area contributed by atoms with E-state index in [0.717, 1.165) is 36.1 Å². The van der Waals surface area contributed by atoms with Gasteiger partial charge in [-0.25, -0.2) is 0 Å². The highest BCUT2D eigenvalue weighted by Gasteiger charge is 2.45. The van der Waals surface area contributed by atoms with Crippen LogP contribution in [0, 0.1) is 0 Å². The van der Waals surface area contributed by atoms with Crippen molar-refractivity contribution in [2.45, 2.75) is 37.7 Å². The van der Waals surface area contributed by atoms with E-state index in [2.05, 4.69) is 5.16 Å². The van der Waals surface area contributed by atoms with E-state index >= 15 is 0 Å². The van der Waals surface area contributed by atoms with E-state index in [0.29, 0.717) is 11.5 Å². The first-order chi connectivity index (χ1) is 12.3. The van der Waals surface area contributed by atoms with Gasteiger partial charge in [0.1, 0.15) is 17.7 Å². The van der Waals surface area contributed by atoms with E-state index in [4.69, 9.17) is 9.26 Å². The Balaban J connectivity index is 1.46. The van der Waals surface area contributed by atoms with E-state index in [1.54, 1.807) is 11.3 Å². The van der Waals surface area contributed by atoms with Crippen molar-refractivity contribution in [3.05, 3.63) is 64.5 Å². The number of benzene rings is 1. The maximum atomic E-state index is 12.8. The molecule has 3 aromatic rings. The first-order valence-corrected chi connectivity index (χ1v) is 9.38. The highest BCUT2D eigenvalue weighted by atomic mass is 32.1. The van der Waals surface area contributed by atoms with Crippen LogP contribution in [-0.2, 0) is 21.6 Å². The standard InChI is InChI=1S/C20H19NO3S/c22-19(20(10-4-5-11-20)18-9-6-12-25-18)23-14-16-13-17(24-21-16)15-7-2-1-3-8-15/h1-3,6-9,12-13H,4-5,10-11,14H2. The Bertz CT molecular complexity index is 833. The van der Waals surface area contributed by atoms with Crippen molar-refractivity contribution in [2.24, 2.45) is 0 Å². The average Bonchev–Trinajstić information content (AvgIpc) is 3.42. The number of esters is 1. The Morgan fingerprint density at radius 1 is 1.16 bits per heavy atom.